The molecule has 1 aliphatic rings. The molecule has 8 nitrogen and oxygen atoms in total. The Morgan fingerprint density at radius 3 is 2.48 bits per heavy atom. The molecule has 0 amide bonds. The fraction of sp³-hybridized carbons (Fsp3) is 0.400. The predicted molar refractivity (Wildman–Crippen MR) is 80.9 cm³/mol. The summed E-state index contributed by atoms with van der Waals surface area (Å²) >= 11 is 0. The van der Waals surface area contributed by atoms with Crippen LogP contribution in [0.4, 0.5) is 5.82 Å². The summed E-state index contributed by atoms with van der Waals surface area (Å²) in [7, 11) is 2.51. The fourth-order valence-corrected chi connectivity index (χ4v) is 2.63. The Morgan fingerprint density at radius 1 is 1.13 bits per heavy atom. The Morgan fingerprint density at radius 2 is 1.83 bits per heavy atom. The van der Waals surface area contributed by atoms with Gasteiger partial charge in [0.15, 0.2) is 5.69 Å². The molecule has 0 aromatic carbocycles. The number of fused-ring (bicyclic) bond motifs is 1. The average Bonchev–Trinajstić information content (AvgIpc) is 3.00. The molecule has 2 aromatic heterocycles. The molecule has 3 rings (SSSR count). The largest absolute Gasteiger partial charge is 0.465 e. The first-order valence-electron chi connectivity index (χ1n) is 7.18. The number of anilines is 1. The van der Waals surface area contributed by atoms with E-state index < -0.39 is 11.9 Å². The number of esters is 2. The van der Waals surface area contributed by atoms with Crippen molar-refractivity contribution in [3.05, 3.63) is 29.5 Å². The number of nitrogens with zero attached hydrogens (tertiary/aromatic N) is 3. The Kier molecular flexibility index (Phi) is 4.16. The molecule has 0 unspecified atom stereocenters. The minimum Gasteiger partial charge on any atom is -0.465 e. The lowest BCUT2D eigenvalue weighted by Crippen LogP contribution is -2.37. The van der Waals surface area contributed by atoms with E-state index in [1.54, 1.807) is 10.6 Å². The molecule has 8 heteroatoms. The van der Waals surface area contributed by atoms with Gasteiger partial charge in [-0.3, -0.25) is 0 Å². The second kappa shape index (κ2) is 6.25. The SMILES string of the molecule is COC(=O)c1nn2c(N3CCOCC3)cccc2c1C(=O)OC. The molecule has 0 saturated carbocycles. The normalized spacial score (nSPS) is 14.8. The van der Waals surface area contributed by atoms with Crippen molar-refractivity contribution in [2.75, 3.05) is 45.4 Å². The molecular weight excluding hydrogens is 302 g/mol. The zero-order valence-corrected chi connectivity index (χ0v) is 12.9. The number of carbonyl (C=O) groups is 2. The molecule has 2 aromatic rings. The van der Waals surface area contributed by atoms with Gasteiger partial charge in [0.05, 0.1) is 33.0 Å². The minimum atomic E-state index is -0.679. The monoisotopic (exact) mass is 319 g/mol. The highest BCUT2D eigenvalue weighted by molar-refractivity contribution is 6.07. The van der Waals surface area contributed by atoms with E-state index in [-0.39, 0.29) is 11.3 Å². The van der Waals surface area contributed by atoms with Crippen LogP contribution in [0.2, 0.25) is 0 Å². The van der Waals surface area contributed by atoms with Gasteiger partial charge in [-0.25, -0.2) is 14.1 Å². The standard InChI is InChI=1S/C15H17N3O5/c1-21-14(19)12-10-4-3-5-11(17-6-8-23-9-7-17)18(10)16-13(12)15(20)22-2/h3-5H,6-9H2,1-2H3. The van der Waals surface area contributed by atoms with E-state index >= 15 is 0 Å². The van der Waals surface area contributed by atoms with E-state index in [0.717, 1.165) is 5.82 Å². The van der Waals surface area contributed by atoms with Crippen LogP contribution in [-0.2, 0) is 14.2 Å². The number of methoxy groups -OCH3 is 2. The van der Waals surface area contributed by atoms with Crippen molar-refractivity contribution in [2.45, 2.75) is 0 Å². The lowest BCUT2D eigenvalue weighted by molar-refractivity contribution is 0.0553. The third-order valence-electron chi connectivity index (χ3n) is 3.74. The highest BCUT2D eigenvalue weighted by Gasteiger charge is 2.28. The lowest BCUT2D eigenvalue weighted by atomic mass is 10.2. The van der Waals surface area contributed by atoms with Crippen molar-refractivity contribution < 1.29 is 23.8 Å². The number of carbonyl (C=O) groups excluding carboxylic acids is 2. The van der Waals surface area contributed by atoms with Gasteiger partial charge in [0, 0.05) is 13.1 Å². The number of pyridine rings is 1. The number of morpholine rings is 1. The highest BCUT2D eigenvalue weighted by atomic mass is 16.5. The van der Waals surface area contributed by atoms with Crippen LogP contribution in [0.1, 0.15) is 20.8 Å². The Balaban J connectivity index is 2.19. The van der Waals surface area contributed by atoms with Crippen LogP contribution < -0.4 is 4.90 Å². The van der Waals surface area contributed by atoms with Gasteiger partial charge in [-0.2, -0.15) is 5.10 Å². The highest BCUT2D eigenvalue weighted by Crippen LogP contribution is 2.24. The van der Waals surface area contributed by atoms with Crippen LogP contribution >= 0.6 is 0 Å². The van der Waals surface area contributed by atoms with E-state index in [0.29, 0.717) is 31.8 Å². The lowest BCUT2D eigenvalue weighted by Gasteiger charge is -2.28. The minimum absolute atomic E-state index is 0.0555. The summed E-state index contributed by atoms with van der Waals surface area (Å²) in [6.45, 7) is 2.65. The van der Waals surface area contributed by atoms with Crippen molar-refractivity contribution in [1.29, 1.82) is 0 Å². The molecule has 1 fully saturated rings. The van der Waals surface area contributed by atoms with Crippen LogP contribution in [0.3, 0.4) is 0 Å². The average molecular weight is 319 g/mol. The van der Waals surface area contributed by atoms with Gasteiger partial charge in [-0.1, -0.05) is 6.07 Å². The molecule has 0 radical (unpaired) electrons. The summed E-state index contributed by atoms with van der Waals surface area (Å²) in [5.41, 5.74) is 0.552. The Bertz CT molecular complexity index is 749. The summed E-state index contributed by atoms with van der Waals surface area (Å²) in [6, 6.07) is 5.42. The molecule has 0 bridgehead atoms. The zero-order valence-electron chi connectivity index (χ0n) is 12.9. The van der Waals surface area contributed by atoms with Crippen molar-refractivity contribution in [2.24, 2.45) is 0 Å². The van der Waals surface area contributed by atoms with Gasteiger partial charge in [-0.15, -0.1) is 0 Å². The van der Waals surface area contributed by atoms with Crippen molar-refractivity contribution >= 4 is 23.3 Å². The predicted octanol–water partition coefficient (Wildman–Crippen LogP) is 0.744. The maximum Gasteiger partial charge on any atom is 0.359 e. The maximum atomic E-state index is 12.1. The van der Waals surface area contributed by atoms with Gasteiger partial charge in [0.2, 0.25) is 0 Å². The van der Waals surface area contributed by atoms with Crippen LogP contribution in [0.5, 0.6) is 0 Å². The molecule has 1 saturated heterocycles. The van der Waals surface area contributed by atoms with E-state index in [1.807, 2.05) is 12.1 Å². The van der Waals surface area contributed by atoms with E-state index in [9.17, 15) is 9.59 Å². The van der Waals surface area contributed by atoms with Gasteiger partial charge in [0.25, 0.3) is 0 Å². The first kappa shape index (κ1) is 15.3. The fourth-order valence-electron chi connectivity index (χ4n) is 2.63. The van der Waals surface area contributed by atoms with Gasteiger partial charge in [0.1, 0.15) is 11.4 Å². The summed E-state index contributed by atoms with van der Waals surface area (Å²) in [5.74, 6) is -0.521. The first-order chi connectivity index (χ1) is 11.2. The maximum absolute atomic E-state index is 12.1. The molecule has 0 spiro atoms. The number of rotatable bonds is 3. The molecular formula is C15H17N3O5. The first-order valence-corrected chi connectivity index (χ1v) is 7.18. The topological polar surface area (TPSA) is 82.4 Å². The van der Waals surface area contributed by atoms with Crippen molar-refractivity contribution in [3.8, 4) is 0 Å². The number of ether oxygens (including phenoxy) is 3. The third kappa shape index (κ3) is 2.61. The molecule has 122 valence electrons. The van der Waals surface area contributed by atoms with E-state index in [4.69, 9.17) is 14.2 Å². The van der Waals surface area contributed by atoms with Crippen molar-refractivity contribution in [1.82, 2.24) is 9.61 Å². The quantitative estimate of drug-likeness (QED) is 0.772. The van der Waals surface area contributed by atoms with Gasteiger partial charge in [-0.05, 0) is 12.1 Å². The smallest absolute Gasteiger partial charge is 0.359 e. The summed E-state index contributed by atoms with van der Waals surface area (Å²) in [5, 5.41) is 4.29. The molecule has 0 atom stereocenters. The van der Waals surface area contributed by atoms with Gasteiger partial charge >= 0.3 is 11.9 Å². The molecule has 0 aliphatic carbocycles. The van der Waals surface area contributed by atoms with E-state index in [1.165, 1.54) is 14.2 Å². The Labute approximate surface area is 132 Å². The molecule has 0 N–H and O–H groups in total. The summed E-state index contributed by atoms with van der Waals surface area (Å²) < 4.78 is 16.4. The second-order valence-corrected chi connectivity index (χ2v) is 4.99. The number of hydrogen-bond acceptors (Lipinski definition) is 7. The zero-order chi connectivity index (χ0) is 16.4. The van der Waals surface area contributed by atoms with Crippen molar-refractivity contribution in [3.63, 3.8) is 0 Å². The third-order valence-corrected chi connectivity index (χ3v) is 3.74. The van der Waals surface area contributed by atoms with Crippen LogP contribution in [0, 0.1) is 0 Å². The molecule has 3 heterocycles. The summed E-state index contributed by atoms with van der Waals surface area (Å²) in [4.78, 5) is 26.2. The van der Waals surface area contributed by atoms with Crippen LogP contribution in [-0.4, -0.2) is 62.1 Å². The number of aromatic nitrogens is 2. The van der Waals surface area contributed by atoms with E-state index in [2.05, 4.69) is 10.00 Å². The summed E-state index contributed by atoms with van der Waals surface area (Å²) in [6.07, 6.45) is 0. The molecule has 1 aliphatic heterocycles. The number of hydrogen-bond donors (Lipinski definition) is 0. The van der Waals surface area contributed by atoms with Gasteiger partial charge < -0.3 is 19.1 Å². The van der Waals surface area contributed by atoms with Crippen LogP contribution in [0.15, 0.2) is 18.2 Å². The Hall–Kier alpha value is -2.61. The second-order valence-electron chi connectivity index (χ2n) is 4.99. The molecule has 23 heavy (non-hydrogen) atoms. The van der Waals surface area contributed by atoms with Crippen LogP contribution in [0.25, 0.3) is 5.52 Å².